The van der Waals surface area contributed by atoms with E-state index in [2.05, 4.69) is 30.5 Å². The highest BCUT2D eigenvalue weighted by atomic mass is 19.1. The third-order valence-electron chi connectivity index (χ3n) is 7.68. The zero-order chi connectivity index (χ0) is 27.9. The van der Waals surface area contributed by atoms with E-state index in [-0.39, 0.29) is 17.6 Å². The number of halogens is 1. The monoisotopic (exact) mass is 547 g/mol. The summed E-state index contributed by atoms with van der Waals surface area (Å²) in [7, 11) is 0. The van der Waals surface area contributed by atoms with E-state index in [1.54, 1.807) is 24.8 Å². The fourth-order valence-corrected chi connectivity index (χ4v) is 5.64. The van der Waals surface area contributed by atoms with Gasteiger partial charge in [0.2, 0.25) is 5.91 Å². The van der Waals surface area contributed by atoms with Crippen molar-refractivity contribution in [1.82, 2.24) is 30.1 Å². The molecule has 1 aromatic carbocycles. The maximum absolute atomic E-state index is 14.0. The first kappa shape index (κ1) is 24.9. The summed E-state index contributed by atoms with van der Waals surface area (Å²) < 4.78 is 14.0. The molecule has 1 saturated carbocycles. The van der Waals surface area contributed by atoms with E-state index in [0.717, 1.165) is 53.7 Å². The van der Waals surface area contributed by atoms with Gasteiger partial charge in [0.1, 0.15) is 22.8 Å². The predicted octanol–water partition coefficient (Wildman–Crippen LogP) is 6.59. The molecule has 0 bridgehead atoms. The Bertz CT molecular complexity index is 1900. The molecule has 9 nitrogen and oxygen atoms in total. The molecule has 1 aliphatic carbocycles. The number of aromatic amines is 2. The second-order valence-electron chi connectivity index (χ2n) is 10.5. The van der Waals surface area contributed by atoms with Crippen LogP contribution >= 0.6 is 0 Å². The molecule has 5 heterocycles. The second kappa shape index (κ2) is 10.1. The Labute approximate surface area is 233 Å². The van der Waals surface area contributed by atoms with Crippen LogP contribution in [0.25, 0.3) is 55.7 Å². The lowest BCUT2D eigenvalue weighted by atomic mass is 9.88. The predicted molar refractivity (Wildman–Crippen MR) is 154 cm³/mol. The van der Waals surface area contributed by atoms with Crippen molar-refractivity contribution in [1.29, 1.82) is 0 Å². The Morgan fingerprint density at radius 3 is 2.63 bits per heavy atom. The topological polar surface area (TPSA) is 132 Å². The van der Waals surface area contributed by atoms with Crippen LogP contribution in [-0.2, 0) is 4.79 Å². The molecule has 0 saturated heterocycles. The number of carbonyl (C=O) groups excluding carboxylic acids is 1. The van der Waals surface area contributed by atoms with Crippen molar-refractivity contribution < 1.29 is 14.3 Å². The van der Waals surface area contributed by atoms with Crippen molar-refractivity contribution >= 4 is 33.5 Å². The van der Waals surface area contributed by atoms with Gasteiger partial charge in [-0.25, -0.2) is 9.37 Å². The first-order valence-electron chi connectivity index (χ1n) is 13.6. The van der Waals surface area contributed by atoms with Crippen LogP contribution in [0.2, 0.25) is 0 Å². The van der Waals surface area contributed by atoms with Gasteiger partial charge < -0.3 is 15.4 Å². The molecule has 7 rings (SSSR count). The van der Waals surface area contributed by atoms with Crippen LogP contribution in [0.5, 0.6) is 5.75 Å². The van der Waals surface area contributed by atoms with Crippen molar-refractivity contribution in [3.05, 3.63) is 73.1 Å². The number of phenols is 1. The molecule has 0 spiro atoms. The van der Waals surface area contributed by atoms with Crippen molar-refractivity contribution in [3.8, 4) is 39.5 Å². The number of amides is 1. The molecule has 10 heteroatoms. The molecule has 4 N–H and O–H groups in total. The van der Waals surface area contributed by atoms with Gasteiger partial charge in [-0.15, -0.1) is 0 Å². The first-order chi connectivity index (χ1) is 20.0. The Kier molecular flexibility index (Phi) is 6.15. The molecule has 1 amide bonds. The highest BCUT2D eigenvalue weighted by Gasteiger charge is 2.21. The van der Waals surface area contributed by atoms with Crippen LogP contribution in [0.4, 0.5) is 10.1 Å². The van der Waals surface area contributed by atoms with E-state index in [9.17, 15) is 14.3 Å². The zero-order valence-electron chi connectivity index (χ0n) is 22.0. The largest absolute Gasteiger partial charge is 0.508 e. The summed E-state index contributed by atoms with van der Waals surface area (Å²) in [5.74, 6) is -0.593. The minimum atomic E-state index is -0.533. The number of phenolic OH excluding ortho intramolecular Hbond substituents is 1. The SMILES string of the molecule is O=C(Nc1cncc(-c2ccc3[nH]nc(-c4cc5c(-c6cc(O)cc(F)c6)cncc5[nH]4)c3n2)c1)C1CCCCC1. The average Bonchev–Trinajstić information content (AvgIpc) is 3.61. The minimum absolute atomic E-state index is 0.0466. The van der Waals surface area contributed by atoms with Crippen LogP contribution in [0.15, 0.2) is 67.3 Å². The molecule has 0 unspecified atom stereocenters. The van der Waals surface area contributed by atoms with Gasteiger partial charge in [0.15, 0.2) is 0 Å². The number of aromatic hydroxyl groups is 1. The van der Waals surface area contributed by atoms with Crippen molar-refractivity contribution in [2.75, 3.05) is 5.32 Å². The maximum Gasteiger partial charge on any atom is 0.227 e. The Balaban J connectivity index is 1.23. The van der Waals surface area contributed by atoms with Crippen LogP contribution in [-0.4, -0.2) is 41.1 Å². The van der Waals surface area contributed by atoms with Gasteiger partial charge in [-0.3, -0.25) is 19.9 Å². The summed E-state index contributed by atoms with van der Waals surface area (Å²) in [4.78, 5) is 29.7. The average molecular weight is 548 g/mol. The lowest BCUT2D eigenvalue weighted by Crippen LogP contribution is -2.24. The molecule has 0 radical (unpaired) electrons. The summed E-state index contributed by atoms with van der Waals surface area (Å²) in [6.45, 7) is 0. The summed E-state index contributed by atoms with van der Waals surface area (Å²) in [5, 5.41) is 21.3. The smallest absolute Gasteiger partial charge is 0.227 e. The van der Waals surface area contributed by atoms with Crippen molar-refractivity contribution in [3.63, 3.8) is 0 Å². The number of hydrogen-bond acceptors (Lipinski definition) is 6. The van der Waals surface area contributed by atoms with Gasteiger partial charge in [-0.1, -0.05) is 19.3 Å². The van der Waals surface area contributed by atoms with E-state index < -0.39 is 5.82 Å². The quantitative estimate of drug-likeness (QED) is 0.192. The molecule has 1 aliphatic rings. The number of nitrogens with one attached hydrogen (secondary N) is 3. The number of fused-ring (bicyclic) bond motifs is 2. The van der Waals surface area contributed by atoms with Crippen LogP contribution in [0.1, 0.15) is 32.1 Å². The second-order valence-corrected chi connectivity index (χ2v) is 10.5. The number of hydrogen-bond donors (Lipinski definition) is 4. The number of carbonyl (C=O) groups is 1. The molecule has 204 valence electrons. The first-order valence-corrected chi connectivity index (χ1v) is 13.6. The minimum Gasteiger partial charge on any atom is -0.508 e. The standard InChI is InChI=1S/C31H26FN7O2/c32-20-8-18(10-22(40)11-20)24-15-34-16-28-23(24)12-27(36-28)30-29-26(38-39-30)7-6-25(37-29)19-9-21(14-33-13-19)35-31(41)17-4-2-1-3-5-17/h6-17,36,40H,1-5H2,(H,35,41)(H,38,39). The molecule has 1 fully saturated rings. The van der Waals surface area contributed by atoms with Gasteiger partial charge >= 0.3 is 0 Å². The molecule has 0 atom stereocenters. The van der Waals surface area contributed by atoms with Crippen LogP contribution in [0.3, 0.4) is 0 Å². The third kappa shape index (κ3) is 4.77. The highest BCUT2D eigenvalue weighted by Crippen LogP contribution is 2.35. The number of aromatic nitrogens is 6. The number of pyridine rings is 3. The van der Waals surface area contributed by atoms with E-state index in [4.69, 9.17) is 4.98 Å². The van der Waals surface area contributed by atoms with Gasteiger partial charge in [0.05, 0.1) is 40.5 Å². The fourth-order valence-electron chi connectivity index (χ4n) is 5.64. The molecule has 41 heavy (non-hydrogen) atoms. The normalized spacial score (nSPS) is 14.1. The van der Waals surface area contributed by atoms with E-state index in [1.165, 1.54) is 18.6 Å². The van der Waals surface area contributed by atoms with Crippen LogP contribution in [0, 0.1) is 11.7 Å². The summed E-state index contributed by atoms with van der Waals surface area (Å²) in [6.07, 6.45) is 11.9. The summed E-state index contributed by atoms with van der Waals surface area (Å²) in [6, 6.07) is 11.5. The lowest BCUT2D eigenvalue weighted by molar-refractivity contribution is -0.120. The van der Waals surface area contributed by atoms with Gasteiger partial charge in [0.25, 0.3) is 0 Å². The molecule has 6 aromatic rings. The third-order valence-corrected chi connectivity index (χ3v) is 7.68. The van der Waals surface area contributed by atoms with E-state index in [0.29, 0.717) is 39.4 Å². The van der Waals surface area contributed by atoms with Gasteiger partial charge in [-0.05, 0) is 54.8 Å². The number of benzene rings is 1. The molecule has 0 aliphatic heterocycles. The van der Waals surface area contributed by atoms with Crippen molar-refractivity contribution in [2.24, 2.45) is 5.92 Å². The number of anilines is 1. The fraction of sp³-hybridized carbons (Fsp3) is 0.194. The Hall–Kier alpha value is -5.12. The maximum atomic E-state index is 14.0. The highest BCUT2D eigenvalue weighted by molar-refractivity contribution is 6.00. The number of H-pyrrole nitrogens is 2. The van der Waals surface area contributed by atoms with E-state index in [1.807, 2.05) is 24.3 Å². The number of nitrogens with zero attached hydrogens (tertiary/aromatic N) is 4. The van der Waals surface area contributed by atoms with E-state index >= 15 is 0 Å². The van der Waals surface area contributed by atoms with Crippen LogP contribution < -0.4 is 5.32 Å². The lowest BCUT2D eigenvalue weighted by Gasteiger charge is -2.20. The molecular weight excluding hydrogens is 521 g/mol. The molecular formula is C31H26FN7O2. The van der Waals surface area contributed by atoms with Crippen molar-refractivity contribution in [2.45, 2.75) is 32.1 Å². The zero-order valence-corrected chi connectivity index (χ0v) is 22.0. The Morgan fingerprint density at radius 2 is 1.78 bits per heavy atom. The van der Waals surface area contributed by atoms with Gasteiger partial charge in [-0.2, -0.15) is 5.10 Å². The summed E-state index contributed by atoms with van der Waals surface area (Å²) in [5.41, 5.74) is 6.76. The molecule has 5 aromatic heterocycles. The summed E-state index contributed by atoms with van der Waals surface area (Å²) >= 11 is 0. The van der Waals surface area contributed by atoms with Gasteiger partial charge in [0, 0.05) is 40.9 Å². The Morgan fingerprint density at radius 1 is 0.927 bits per heavy atom. The number of rotatable bonds is 5.